The van der Waals surface area contributed by atoms with Crippen molar-refractivity contribution in [1.29, 1.82) is 0 Å². The second kappa shape index (κ2) is 5.61. The van der Waals surface area contributed by atoms with E-state index in [1.807, 2.05) is 6.07 Å². The topological polar surface area (TPSA) is 28.2 Å². The summed E-state index contributed by atoms with van der Waals surface area (Å²) in [5.74, 6) is 2.06. The van der Waals surface area contributed by atoms with Gasteiger partial charge in [-0.2, -0.15) is 11.3 Å². The molecule has 1 aliphatic rings. The van der Waals surface area contributed by atoms with Crippen LogP contribution in [-0.2, 0) is 6.54 Å². The van der Waals surface area contributed by atoms with Crippen LogP contribution in [0.15, 0.2) is 35.0 Å². The Morgan fingerprint density at radius 2 is 2.26 bits per heavy atom. The minimum absolute atomic E-state index is 0.671. The Morgan fingerprint density at radius 1 is 1.37 bits per heavy atom. The molecule has 0 bridgehead atoms. The molecule has 1 fully saturated rings. The zero-order valence-electron chi connectivity index (χ0n) is 11.2. The second-order valence-corrected chi connectivity index (χ2v) is 5.68. The summed E-state index contributed by atoms with van der Waals surface area (Å²) in [5.41, 5.74) is 1.38. The highest BCUT2D eigenvalue weighted by atomic mass is 32.1. The van der Waals surface area contributed by atoms with Crippen LogP contribution in [0.2, 0.25) is 0 Å². The van der Waals surface area contributed by atoms with Crippen LogP contribution in [0.5, 0.6) is 0 Å². The van der Waals surface area contributed by atoms with E-state index in [0.29, 0.717) is 6.04 Å². The molecule has 0 saturated heterocycles. The fourth-order valence-electron chi connectivity index (χ4n) is 2.23. The number of rotatable bonds is 6. The molecular weight excluding hydrogens is 254 g/mol. The Hall–Kier alpha value is -1.55. The van der Waals surface area contributed by atoms with Crippen molar-refractivity contribution in [3.05, 3.63) is 40.6 Å². The average Bonchev–Trinajstić information content (AvgIpc) is 3.14. The third kappa shape index (κ3) is 3.07. The second-order valence-electron chi connectivity index (χ2n) is 4.90. The van der Waals surface area contributed by atoms with E-state index in [1.165, 1.54) is 18.4 Å². The number of thiophene rings is 1. The van der Waals surface area contributed by atoms with Crippen LogP contribution >= 0.6 is 11.3 Å². The first-order valence-corrected chi connectivity index (χ1v) is 7.79. The predicted molar refractivity (Wildman–Crippen MR) is 81.9 cm³/mol. The maximum absolute atomic E-state index is 4.72. The number of hydrogen-bond acceptors (Lipinski definition) is 4. The third-order valence-electron chi connectivity index (χ3n) is 3.31. The van der Waals surface area contributed by atoms with Crippen molar-refractivity contribution in [2.75, 3.05) is 16.8 Å². The van der Waals surface area contributed by atoms with Gasteiger partial charge in [0, 0.05) is 19.1 Å². The molecule has 0 unspecified atom stereocenters. The van der Waals surface area contributed by atoms with Crippen molar-refractivity contribution in [2.24, 2.45) is 0 Å². The van der Waals surface area contributed by atoms with Gasteiger partial charge in [-0.1, -0.05) is 6.07 Å². The number of nitrogens with one attached hydrogen (secondary N) is 1. The van der Waals surface area contributed by atoms with E-state index < -0.39 is 0 Å². The fraction of sp³-hybridized carbons (Fsp3) is 0.400. The lowest BCUT2D eigenvalue weighted by atomic mass is 10.3. The molecular formula is C15H19N3S. The van der Waals surface area contributed by atoms with Crippen LogP contribution in [-0.4, -0.2) is 17.6 Å². The van der Waals surface area contributed by atoms with E-state index in [0.717, 1.165) is 24.7 Å². The van der Waals surface area contributed by atoms with Crippen LogP contribution in [0.25, 0.3) is 0 Å². The molecule has 2 heterocycles. The van der Waals surface area contributed by atoms with Crippen molar-refractivity contribution in [3.63, 3.8) is 0 Å². The summed E-state index contributed by atoms with van der Waals surface area (Å²) in [6.07, 6.45) is 2.58. The molecule has 0 radical (unpaired) electrons. The first kappa shape index (κ1) is 12.5. The van der Waals surface area contributed by atoms with Crippen molar-refractivity contribution < 1.29 is 0 Å². The summed E-state index contributed by atoms with van der Waals surface area (Å²) >= 11 is 1.76. The quantitative estimate of drug-likeness (QED) is 0.869. The highest BCUT2D eigenvalue weighted by Crippen LogP contribution is 2.32. The molecule has 4 heteroatoms. The predicted octanol–water partition coefficient (Wildman–Crippen LogP) is 3.74. The SMILES string of the molecule is CCNc1cccc(N(Cc2ccsc2)C2CC2)n1. The summed E-state index contributed by atoms with van der Waals surface area (Å²) in [5, 5.41) is 7.65. The maximum atomic E-state index is 4.72. The lowest BCUT2D eigenvalue weighted by Crippen LogP contribution is -2.25. The summed E-state index contributed by atoms with van der Waals surface area (Å²) < 4.78 is 0. The van der Waals surface area contributed by atoms with E-state index in [2.05, 4.69) is 46.1 Å². The molecule has 0 aromatic carbocycles. The van der Waals surface area contributed by atoms with Crippen LogP contribution < -0.4 is 10.2 Å². The summed E-state index contributed by atoms with van der Waals surface area (Å²) in [6.45, 7) is 3.97. The molecule has 2 aromatic rings. The zero-order chi connectivity index (χ0) is 13.1. The number of anilines is 2. The third-order valence-corrected chi connectivity index (χ3v) is 4.04. The van der Waals surface area contributed by atoms with E-state index in [-0.39, 0.29) is 0 Å². The van der Waals surface area contributed by atoms with Crippen LogP contribution in [0, 0.1) is 0 Å². The Kier molecular flexibility index (Phi) is 3.69. The monoisotopic (exact) mass is 273 g/mol. The number of pyridine rings is 1. The van der Waals surface area contributed by atoms with Gasteiger partial charge in [0.05, 0.1) is 0 Å². The summed E-state index contributed by atoms with van der Waals surface area (Å²) in [7, 11) is 0. The average molecular weight is 273 g/mol. The molecule has 100 valence electrons. The molecule has 19 heavy (non-hydrogen) atoms. The first-order valence-electron chi connectivity index (χ1n) is 6.85. The Bertz CT molecular complexity index is 520. The van der Waals surface area contributed by atoms with E-state index >= 15 is 0 Å². The smallest absolute Gasteiger partial charge is 0.131 e. The summed E-state index contributed by atoms with van der Waals surface area (Å²) in [6, 6.07) is 9.11. The molecule has 1 aliphatic carbocycles. The normalized spacial score (nSPS) is 14.4. The van der Waals surface area contributed by atoms with Crippen molar-refractivity contribution >= 4 is 23.0 Å². The minimum atomic E-state index is 0.671. The highest BCUT2D eigenvalue weighted by Gasteiger charge is 2.30. The lowest BCUT2D eigenvalue weighted by Gasteiger charge is -2.23. The number of aromatic nitrogens is 1. The number of nitrogens with zero attached hydrogens (tertiary/aromatic N) is 2. The Morgan fingerprint density at radius 3 is 2.95 bits per heavy atom. The van der Waals surface area contributed by atoms with Crippen LogP contribution in [0.1, 0.15) is 25.3 Å². The number of hydrogen-bond donors (Lipinski definition) is 1. The molecule has 0 amide bonds. The van der Waals surface area contributed by atoms with Crippen molar-refractivity contribution in [3.8, 4) is 0 Å². The first-order chi connectivity index (χ1) is 9.36. The Balaban J connectivity index is 1.81. The lowest BCUT2D eigenvalue weighted by molar-refractivity contribution is 0.780. The molecule has 2 aromatic heterocycles. The molecule has 1 N–H and O–H groups in total. The Labute approximate surface area is 118 Å². The van der Waals surface area contributed by atoms with Gasteiger partial charge < -0.3 is 10.2 Å². The van der Waals surface area contributed by atoms with Gasteiger partial charge >= 0.3 is 0 Å². The van der Waals surface area contributed by atoms with E-state index in [4.69, 9.17) is 4.98 Å². The molecule has 3 nitrogen and oxygen atoms in total. The van der Waals surface area contributed by atoms with E-state index in [1.54, 1.807) is 11.3 Å². The van der Waals surface area contributed by atoms with Gasteiger partial charge in [0.15, 0.2) is 0 Å². The highest BCUT2D eigenvalue weighted by molar-refractivity contribution is 7.07. The van der Waals surface area contributed by atoms with Gasteiger partial charge in [-0.15, -0.1) is 0 Å². The molecule has 1 saturated carbocycles. The van der Waals surface area contributed by atoms with Crippen molar-refractivity contribution in [2.45, 2.75) is 32.4 Å². The van der Waals surface area contributed by atoms with Crippen LogP contribution in [0.3, 0.4) is 0 Å². The van der Waals surface area contributed by atoms with Gasteiger partial charge in [0.1, 0.15) is 11.6 Å². The van der Waals surface area contributed by atoms with Gasteiger partial charge in [0.2, 0.25) is 0 Å². The zero-order valence-corrected chi connectivity index (χ0v) is 12.0. The van der Waals surface area contributed by atoms with Crippen LogP contribution in [0.4, 0.5) is 11.6 Å². The maximum Gasteiger partial charge on any atom is 0.131 e. The molecule has 3 rings (SSSR count). The summed E-state index contributed by atoms with van der Waals surface area (Å²) in [4.78, 5) is 7.16. The van der Waals surface area contributed by atoms with Gasteiger partial charge in [-0.05, 0) is 54.3 Å². The fourth-order valence-corrected chi connectivity index (χ4v) is 2.89. The van der Waals surface area contributed by atoms with Gasteiger partial charge in [0.25, 0.3) is 0 Å². The molecule has 0 atom stereocenters. The minimum Gasteiger partial charge on any atom is -0.370 e. The molecule has 0 spiro atoms. The standard InChI is InChI=1S/C15H19N3S/c1-2-16-14-4-3-5-15(17-14)18(13-6-7-13)10-12-8-9-19-11-12/h3-5,8-9,11,13H,2,6-7,10H2,1H3,(H,16,17). The van der Waals surface area contributed by atoms with Crippen molar-refractivity contribution in [1.82, 2.24) is 4.98 Å². The van der Waals surface area contributed by atoms with Gasteiger partial charge in [-0.3, -0.25) is 0 Å². The molecule has 0 aliphatic heterocycles. The van der Waals surface area contributed by atoms with E-state index in [9.17, 15) is 0 Å². The largest absolute Gasteiger partial charge is 0.370 e. The van der Waals surface area contributed by atoms with Gasteiger partial charge in [-0.25, -0.2) is 4.98 Å².